The summed E-state index contributed by atoms with van der Waals surface area (Å²) in [6.45, 7) is 1.84. The Kier molecular flexibility index (Phi) is 4.68. The Bertz CT molecular complexity index is 565. The van der Waals surface area contributed by atoms with Crippen LogP contribution >= 0.6 is 0 Å². The molecule has 1 heterocycles. The maximum Gasteiger partial charge on any atom is 0.263 e. The third-order valence-corrected chi connectivity index (χ3v) is 2.67. The van der Waals surface area contributed by atoms with Crippen LogP contribution in [0.25, 0.3) is 0 Å². The Morgan fingerprint density at radius 3 is 2.60 bits per heavy atom. The molecule has 0 unspecified atom stereocenters. The summed E-state index contributed by atoms with van der Waals surface area (Å²) in [6.07, 6.45) is 1.51. The van der Waals surface area contributed by atoms with Crippen LogP contribution in [-0.2, 0) is 11.4 Å². The number of benzene rings is 1. The maximum absolute atomic E-state index is 11.7. The zero-order chi connectivity index (χ0) is 14.4. The molecule has 5 heteroatoms. The van der Waals surface area contributed by atoms with Gasteiger partial charge in [-0.25, -0.2) is 4.98 Å². The minimum Gasteiger partial charge on any atom is -0.484 e. The molecule has 104 valence electrons. The molecular formula is C15H16N2O3. The number of aliphatic hydroxyl groups is 1. The lowest BCUT2D eigenvalue weighted by Gasteiger charge is -2.07. The molecule has 0 spiro atoms. The topological polar surface area (TPSA) is 71.5 Å². The SMILES string of the molecule is Cc1ccc(OCC(=O)Nc2ccc(CO)cn2)cc1. The second-order valence-corrected chi connectivity index (χ2v) is 4.36. The van der Waals surface area contributed by atoms with Crippen molar-refractivity contribution in [2.24, 2.45) is 0 Å². The van der Waals surface area contributed by atoms with E-state index >= 15 is 0 Å². The standard InChI is InChI=1S/C15H16N2O3/c1-11-2-5-13(6-3-11)20-10-15(19)17-14-7-4-12(9-18)8-16-14/h2-8,18H,9-10H2,1H3,(H,16,17,19). The van der Waals surface area contributed by atoms with Crippen molar-refractivity contribution in [2.45, 2.75) is 13.5 Å². The monoisotopic (exact) mass is 272 g/mol. The first-order valence-electron chi connectivity index (χ1n) is 6.22. The van der Waals surface area contributed by atoms with Crippen LogP contribution in [0.4, 0.5) is 5.82 Å². The predicted octanol–water partition coefficient (Wildman–Crippen LogP) is 1.90. The van der Waals surface area contributed by atoms with Crippen molar-refractivity contribution in [1.29, 1.82) is 0 Å². The minimum absolute atomic E-state index is 0.0717. The van der Waals surface area contributed by atoms with Gasteiger partial charge in [0.25, 0.3) is 5.91 Å². The number of pyridine rings is 1. The zero-order valence-corrected chi connectivity index (χ0v) is 11.2. The Labute approximate surface area is 117 Å². The van der Waals surface area contributed by atoms with E-state index in [2.05, 4.69) is 10.3 Å². The number of aryl methyl sites for hydroxylation is 1. The van der Waals surface area contributed by atoms with E-state index in [4.69, 9.17) is 9.84 Å². The molecule has 0 atom stereocenters. The molecule has 0 saturated carbocycles. The highest BCUT2D eigenvalue weighted by atomic mass is 16.5. The molecule has 1 amide bonds. The normalized spacial score (nSPS) is 10.1. The molecule has 0 aliphatic rings. The number of carbonyl (C=O) groups excluding carboxylic acids is 1. The van der Waals surface area contributed by atoms with Crippen molar-refractivity contribution in [1.82, 2.24) is 4.98 Å². The van der Waals surface area contributed by atoms with E-state index in [0.717, 1.165) is 5.56 Å². The number of ether oxygens (including phenoxy) is 1. The van der Waals surface area contributed by atoms with Crippen LogP contribution in [0.5, 0.6) is 5.75 Å². The van der Waals surface area contributed by atoms with Gasteiger partial charge in [-0.2, -0.15) is 0 Å². The average Bonchev–Trinajstić information content (AvgIpc) is 2.47. The summed E-state index contributed by atoms with van der Waals surface area (Å²) in [7, 11) is 0. The molecule has 2 rings (SSSR count). The largest absolute Gasteiger partial charge is 0.484 e. The van der Waals surface area contributed by atoms with E-state index in [1.165, 1.54) is 6.20 Å². The van der Waals surface area contributed by atoms with Gasteiger partial charge in [-0.3, -0.25) is 4.79 Å². The first-order valence-corrected chi connectivity index (χ1v) is 6.22. The third kappa shape index (κ3) is 4.07. The number of nitrogens with one attached hydrogen (secondary N) is 1. The Hall–Kier alpha value is -2.40. The number of anilines is 1. The number of nitrogens with zero attached hydrogens (tertiary/aromatic N) is 1. The highest BCUT2D eigenvalue weighted by molar-refractivity contribution is 5.90. The van der Waals surface area contributed by atoms with Crippen molar-refractivity contribution in [3.63, 3.8) is 0 Å². The summed E-state index contributed by atoms with van der Waals surface area (Å²) in [6, 6.07) is 10.8. The lowest BCUT2D eigenvalue weighted by molar-refractivity contribution is -0.118. The molecular weight excluding hydrogens is 256 g/mol. The van der Waals surface area contributed by atoms with Crippen LogP contribution in [0.3, 0.4) is 0 Å². The van der Waals surface area contributed by atoms with E-state index in [1.807, 2.05) is 31.2 Å². The van der Waals surface area contributed by atoms with Gasteiger partial charge in [-0.1, -0.05) is 23.8 Å². The molecule has 2 aromatic rings. The molecule has 20 heavy (non-hydrogen) atoms. The number of carbonyl (C=O) groups is 1. The van der Waals surface area contributed by atoms with Gasteiger partial charge in [-0.05, 0) is 30.7 Å². The van der Waals surface area contributed by atoms with Crippen LogP contribution in [0.2, 0.25) is 0 Å². The summed E-state index contributed by atoms with van der Waals surface area (Å²) < 4.78 is 5.36. The van der Waals surface area contributed by atoms with Gasteiger partial charge in [-0.15, -0.1) is 0 Å². The van der Waals surface area contributed by atoms with Crippen molar-refractivity contribution in [3.05, 3.63) is 53.7 Å². The van der Waals surface area contributed by atoms with E-state index in [1.54, 1.807) is 12.1 Å². The van der Waals surface area contributed by atoms with Crippen LogP contribution in [0, 0.1) is 6.92 Å². The quantitative estimate of drug-likeness (QED) is 0.872. The van der Waals surface area contributed by atoms with Gasteiger partial charge < -0.3 is 15.2 Å². The van der Waals surface area contributed by atoms with Crippen molar-refractivity contribution >= 4 is 11.7 Å². The van der Waals surface area contributed by atoms with Gasteiger partial charge >= 0.3 is 0 Å². The minimum atomic E-state index is -0.283. The second-order valence-electron chi connectivity index (χ2n) is 4.36. The maximum atomic E-state index is 11.7. The Balaban J connectivity index is 1.84. The van der Waals surface area contributed by atoms with Crippen LogP contribution in [0.1, 0.15) is 11.1 Å². The summed E-state index contributed by atoms with van der Waals surface area (Å²) in [5, 5.41) is 11.5. The fourth-order valence-corrected chi connectivity index (χ4v) is 1.55. The molecule has 0 fully saturated rings. The van der Waals surface area contributed by atoms with Gasteiger partial charge in [0.05, 0.1) is 6.61 Å². The van der Waals surface area contributed by atoms with Crippen LogP contribution in [0.15, 0.2) is 42.6 Å². The van der Waals surface area contributed by atoms with Crippen molar-refractivity contribution < 1.29 is 14.6 Å². The van der Waals surface area contributed by atoms with Gasteiger partial charge in [0, 0.05) is 6.20 Å². The van der Waals surface area contributed by atoms with Gasteiger partial charge in [0.2, 0.25) is 0 Å². The summed E-state index contributed by atoms with van der Waals surface area (Å²) in [5.74, 6) is 0.795. The summed E-state index contributed by atoms with van der Waals surface area (Å²) in [5.41, 5.74) is 1.83. The van der Waals surface area contributed by atoms with Crippen LogP contribution < -0.4 is 10.1 Å². The number of aliphatic hydroxyl groups excluding tert-OH is 1. The molecule has 0 aliphatic carbocycles. The zero-order valence-electron chi connectivity index (χ0n) is 11.2. The van der Waals surface area contributed by atoms with Crippen molar-refractivity contribution in [3.8, 4) is 5.75 Å². The highest BCUT2D eigenvalue weighted by Crippen LogP contribution is 2.11. The highest BCUT2D eigenvalue weighted by Gasteiger charge is 2.04. The van der Waals surface area contributed by atoms with E-state index in [0.29, 0.717) is 17.1 Å². The number of rotatable bonds is 5. The molecule has 1 aromatic heterocycles. The third-order valence-electron chi connectivity index (χ3n) is 2.67. The molecule has 5 nitrogen and oxygen atoms in total. The van der Waals surface area contributed by atoms with Crippen LogP contribution in [-0.4, -0.2) is 22.6 Å². The smallest absolute Gasteiger partial charge is 0.263 e. The fourth-order valence-electron chi connectivity index (χ4n) is 1.55. The lowest BCUT2D eigenvalue weighted by Crippen LogP contribution is -2.20. The van der Waals surface area contributed by atoms with Gasteiger partial charge in [0.1, 0.15) is 11.6 Å². The number of amides is 1. The predicted molar refractivity (Wildman–Crippen MR) is 75.5 cm³/mol. The lowest BCUT2D eigenvalue weighted by atomic mass is 10.2. The van der Waals surface area contributed by atoms with Crippen molar-refractivity contribution in [2.75, 3.05) is 11.9 Å². The molecule has 1 aromatic carbocycles. The number of hydrogen-bond acceptors (Lipinski definition) is 4. The summed E-state index contributed by atoms with van der Waals surface area (Å²) in [4.78, 5) is 15.7. The first kappa shape index (κ1) is 14.0. The molecule has 0 aliphatic heterocycles. The second kappa shape index (κ2) is 6.68. The first-order chi connectivity index (χ1) is 9.67. The van der Waals surface area contributed by atoms with E-state index in [-0.39, 0.29) is 19.1 Å². The summed E-state index contributed by atoms with van der Waals surface area (Å²) >= 11 is 0. The van der Waals surface area contributed by atoms with Gasteiger partial charge in [0.15, 0.2) is 6.61 Å². The van der Waals surface area contributed by atoms with E-state index < -0.39 is 0 Å². The Morgan fingerprint density at radius 1 is 1.25 bits per heavy atom. The average molecular weight is 272 g/mol. The molecule has 0 bridgehead atoms. The number of aromatic nitrogens is 1. The Morgan fingerprint density at radius 2 is 2.00 bits per heavy atom. The fraction of sp³-hybridized carbons (Fsp3) is 0.200. The molecule has 0 saturated heterocycles. The molecule has 0 radical (unpaired) electrons. The van der Waals surface area contributed by atoms with E-state index in [9.17, 15) is 4.79 Å². The number of hydrogen-bond donors (Lipinski definition) is 2. The molecule has 2 N–H and O–H groups in total.